The molecule has 0 bridgehead atoms. The molecule has 1 aromatic heterocycles. The summed E-state index contributed by atoms with van der Waals surface area (Å²) in [4.78, 5) is 7.11. The number of halogens is 1. The van der Waals surface area contributed by atoms with Crippen LogP contribution in [-0.2, 0) is 4.74 Å². The van der Waals surface area contributed by atoms with Crippen LogP contribution in [0.15, 0.2) is 6.07 Å². The largest absolute Gasteiger partial charge is 0.474 e. The van der Waals surface area contributed by atoms with E-state index in [0.717, 1.165) is 18.9 Å². The Labute approximate surface area is 86.4 Å². The molecule has 0 radical (unpaired) electrons. The van der Waals surface area contributed by atoms with Gasteiger partial charge in [-0.25, -0.2) is 0 Å². The molecule has 1 fully saturated rings. The zero-order valence-electron chi connectivity index (χ0n) is 8.15. The first-order valence-electron chi connectivity index (χ1n) is 4.78. The lowest BCUT2D eigenvalue weighted by molar-refractivity contribution is 0.0236. The lowest BCUT2D eigenvalue weighted by Crippen LogP contribution is -2.26. The minimum Gasteiger partial charge on any atom is -0.474 e. The monoisotopic (exact) mass is 213 g/mol. The maximum atomic E-state index is 12.8. The van der Waals surface area contributed by atoms with Crippen molar-refractivity contribution in [3.63, 3.8) is 0 Å². The van der Waals surface area contributed by atoms with Crippen LogP contribution < -0.4 is 10.5 Å². The van der Waals surface area contributed by atoms with Gasteiger partial charge in [-0.3, -0.25) is 0 Å². The number of nitrogens with zero attached hydrogens (tertiary/aromatic N) is 2. The third-order valence-electron chi connectivity index (χ3n) is 2.14. The van der Waals surface area contributed by atoms with Crippen molar-refractivity contribution >= 4 is 5.95 Å². The van der Waals surface area contributed by atoms with Crippen LogP contribution in [0.3, 0.4) is 0 Å². The number of rotatable bonds is 2. The SMILES string of the molecule is Nc1nc(F)cc(OC2CCOCC2)n1. The Bertz CT molecular complexity index is 322. The van der Waals surface area contributed by atoms with Crippen LogP contribution in [0.25, 0.3) is 0 Å². The quantitative estimate of drug-likeness (QED) is 0.734. The number of hydrogen-bond donors (Lipinski definition) is 1. The maximum absolute atomic E-state index is 12.8. The minimum atomic E-state index is -0.676. The second kappa shape index (κ2) is 4.39. The van der Waals surface area contributed by atoms with Gasteiger partial charge in [0, 0.05) is 12.8 Å². The van der Waals surface area contributed by atoms with Crippen molar-refractivity contribution in [1.29, 1.82) is 0 Å². The molecule has 1 aromatic rings. The lowest BCUT2D eigenvalue weighted by atomic mass is 10.2. The average Bonchev–Trinajstić information content (AvgIpc) is 2.17. The van der Waals surface area contributed by atoms with Gasteiger partial charge in [0.25, 0.3) is 0 Å². The highest BCUT2D eigenvalue weighted by Gasteiger charge is 2.16. The molecule has 6 heteroatoms. The molecule has 2 rings (SSSR count). The molecule has 1 saturated heterocycles. The summed E-state index contributed by atoms with van der Waals surface area (Å²) in [5, 5.41) is 0. The smallest absolute Gasteiger partial charge is 0.226 e. The normalized spacial score (nSPS) is 17.7. The maximum Gasteiger partial charge on any atom is 0.226 e. The number of anilines is 1. The molecule has 0 spiro atoms. The molecule has 0 unspecified atom stereocenters. The van der Waals surface area contributed by atoms with E-state index >= 15 is 0 Å². The fourth-order valence-corrected chi connectivity index (χ4v) is 1.44. The Hall–Kier alpha value is -1.43. The molecular weight excluding hydrogens is 201 g/mol. The molecule has 0 saturated carbocycles. The Balaban J connectivity index is 2.02. The molecule has 1 aliphatic heterocycles. The number of nitrogens with two attached hydrogens (primary N) is 1. The van der Waals surface area contributed by atoms with Crippen molar-refractivity contribution < 1.29 is 13.9 Å². The predicted molar refractivity (Wildman–Crippen MR) is 50.9 cm³/mol. The van der Waals surface area contributed by atoms with E-state index in [4.69, 9.17) is 15.2 Å². The summed E-state index contributed by atoms with van der Waals surface area (Å²) in [5.41, 5.74) is 5.30. The average molecular weight is 213 g/mol. The highest BCUT2D eigenvalue weighted by Crippen LogP contribution is 2.16. The van der Waals surface area contributed by atoms with Crippen molar-refractivity contribution in [2.24, 2.45) is 0 Å². The van der Waals surface area contributed by atoms with E-state index in [1.807, 2.05) is 0 Å². The third-order valence-corrected chi connectivity index (χ3v) is 2.14. The van der Waals surface area contributed by atoms with E-state index < -0.39 is 5.95 Å². The van der Waals surface area contributed by atoms with Gasteiger partial charge in [0.1, 0.15) is 6.10 Å². The second-order valence-corrected chi connectivity index (χ2v) is 3.32. The molecular formula is C9H12FN3O2. The summed E-state index contributed by atoms with van der Waals surface area (Å²) in [5.74, 6) is -0.603. The zero-order valence-corrected chi connectivity index (χ0v) is 8.15. The molecule has 0 atom stereocenters. The second-order valence-electron chi connectivity index (χ2n) is 3.32. The zero-order chi connectivity index (χ0) is 10.7. The van der Waals surface area contributed by atoms with Crippen LogP contribution in [-0.4, -0.2) is 29.3 Å². The van der Waals surface area contributed by atoms with E-state index in [1.54, 1.807) is 0 Å². The highest BCUT2D eigenvalue weighted by atomic mass is 19.1. The molecule has 0 aromatic carbocycles. The van der Waals surface area contributed by atoms with Gasteiger partial charge in [-0.1, -0.05) is 0 Å². The number of ether oxygens (including phenoxy) is 2. The van der Waals surface area contributed by atoms with Gasteiger partial charge in [0.05, 0.1) is 19.3 Å². The van der Waals surface area contributed by atoms with Crippen LogP contribution in [0.5, 0.6) is 5.88 Å². The summed E-state index contributed by atoms with van der Waals surface area (Å²) in [6.45, 7) is 1.32. The molecule has 1 aliphatic rings. The van der Waals surface area contributed by atoms with Crippen LogP contribution in [0.2, 0.25) is 0 Å². The van der Waals surface area contributed by atoms with E-state index in [9.17, 15) is 4.39 Å². The standard InChI is InChI=1S/C9H12FN3O2/c10-7-5-8(13-9(11)12-7)15-6-1-3-14-4-2-6/h5-6H,1-4H2,(H2,11,12,13). The van der Waals surface area contributed by atoms with Gasteiger partial charge < -0.3 is 15.2 Å². The minimum absolute atomic E-state index is 0.0208. The van der Waals surface area contributed by atoms with Gasteiger partial charge >= 0.3 is 0 Å². The van der Waals surface area contributed by atoms with Crippen LogP contribution >= 0.6 is 0 Å². The highest BCUT2D eigenvalue weighted by molar-refractivity contribution is 5.21. The van der Waals surface area contributed by atoms with Crippen LogP contribution in [0, 0.1) is 5.95 Å². The predicted octanol–water partition coefficient (Wildman–Crippen LogP) is 0.756. The molecule has 5 nitrogen and oxygen atoms in total. The molecule has 2 heterocycles. The van der Waals surface area contributed by atoms with Crippen LogP contribution in [0.4, 0.5) is 10.3 Å². The summed E-state index contributed by atoms with van der Waals surface area (Å²) >= 11 is 0. The van der Waals surface area contributed by atoms with Gasteiger partial charge in [-0.05, 0) is 0 Å². The Kier molecular flexibility index (Phi) is 2.96. The number of aromatic nitrogens is 2. The third kappa shape index (κ3) is 2.76. The fourth-order valence-electron chi connectivity index (χ4n) is 1.44. The Morgan fingerprint density at radius 1 is 1.40 bits per heavy atom. The first-order valence-corrected chi connectivity index (χ1v) is 4.78. The summed E-state index contributed by atoms with van der Waals surface area (Å²) in [6.07, 6.45) is 1.59. The first-order chi connectivity index (χ1) is 7.24. The summed E-state index contributed by atoms with van der Waals surface area (Å²) in [7, 11) is 0. The van der Waals surface area contributed by atoms with Gasteiger partial charge in [0.2, 0.25) is 17.8 Å². The van der Waals surface area contributed by atoms with Crippen molar-refractivity contribution in [3.8, 4) is 5.88 Å². The fraction of sp³-hybridized carbons (Fsp3) is 0.556. The molecule has 15 heavy (non-hydrogen) atoms. The Morgan fingerprint density at radius 2 is 2.13 bits per heavy atom. The van der Waals surface area contributed by atoms with Gasteiger partial charge in [-0.2, -0.15) is 14.4 Å². The van der Waals surface area contributed by atoms with Crippen LogP contribution in [0.1, 0.15) is 12.8 Å². The van der Waals surface area contributed by atoms with Crippen molar-refractivity contribution in [2.75, 3.05) is 18.9 Å². The molecule has 0 amide bonds. The van der Waals surface area contributed by atoms with E-state index in [2.05, 4.69) is 9.97 Å². The molecule has 82 valence electrons. The Morgan fingerprint density at radius 3 is 2.80 bits per heavy atom. The molecule has 0 aliphatic carbocycles. The van der Waals surface area contributed by atoms with Gasteiger partial charge in [-0.15, -0.1) is 0 Å². The van der Waals surface area contributed by atoms with Crippen molar-refractivity contribution in [1.82, 2.24) is 9.97 Å². The topological polar surface area (TPSA) is 70.3 Å². The molecule has 2 N–H and O–H groups in total. The van der Waals surface area contributed by atoms with Crippen molar-refractivity contribution in [3.05, 3.63) is 12.0 Å². The first kappa shape index (κ1) is 10.1. The summed E-state index contributed by atoms with van der Waals surface area (Å²) in [6, 6.07) is 1.13. The van der Waals surface area contributed by atoms with Gasteiger partial charge in [0.15, 0.2) is 0 Å². The van der Waals surface area contributed by atoms with Crippen molar-refractivity contribution in [2.45, 2.75) is 18.9 Å². The van der Waals surface area contributed by atoms with E-state index in [1.165, 1.54) is 0 Å². The number of nitrogen functional groups attached to an aromatic ring is 1. The summed E-state index contributed by atoms with van der Waals surface area (Å²) < 4.78 is 23.5. The lowest BCUT2D eigenvalue weighted by Gasteiger charge is -2.22. The van der Waals surface area contributed by atoms with E-state index in [0.29, 0.717) is 13.2 Å². The van der Waals surface area contributed by atoms with E-state index in [-0.39, 0.29) is 17.9 Å². The number of hydrogen-bond acceptors (Lipinski definition) is 5.